The molecule has 4 rings (SSSR count). The van der Waals surface area contributed by atoms with Gasteiger partial charge < -0.3 is 15.5 Å². The third-order valence-corrected chi connectivity index (χ3v) is 4.32. The number of hydrogen-bond acceptors (Lipinski definition) is 5. The highest BCUT2D eigenvalue weighted by Crippen LogP contribution is 2.22. The first-order chi connectivity index (χ1) is 14.2. The van der Waals surface area contributed by atoms with Crippen LogP contribution in [0.3, 0.4) is 0 Å². The number of aliphatic imine (C=N–C) groups is 1. The number of benzene rings is 2. The number of nitrogens with zero attached hydrogens (tertiary/aromatic N) is 2. The van der Waals surface area contributed by atoms with Crippen LogP contribution in [0.5, 0.6) is 0 Å². The van der Waals surface area contributed by atoms with Gasteiger partial charge in [-0.3, -0.25) is 15.1 Å². The molecule has 0 radical (unpaired) electrons. The SMILES string of the molecule is O.O=C(NC1N=C(c2ccccn2)c2ccccc2NC1=O)OCc1ccccc1. The van der Waals surface area contributed by atoms with Crippen molar-refractivity contribution in [2.24, 2.45) is 4.99 Å². The molecule has 1 aliphatic heterocycles. The van der Waals surface area contributed by atoms with E-state index < -0.39 is 18.2 Å². The number of amides is 2. The summed E-state index contributed by atoms with van der Waals surface area (Å²) in [7, 11) is 0. The molecule has 0 spiro atoms. The molecule has 8 heteroatoms. The van der Waals surface area contributed by atoms with Crippen LogP contribution in [0.4, 0.5) is 10.5 Å². The van der Waals surface area contributed by atoms with E-state index in [1.54, 1.807) is 24.4 Å². The van der Waals surface area contributed by atoms with Crippen molar-refractivity contribution in [1.29, 1.82) is 0 Å². The fraction of sp³-hybridized carbons (Fsp3) is 0.0909. The average molecular weight is 404 g/mol. The molecule has 0 fully saturated rings. The molecule has 2 amide bonds. The third kappa shape index (κ3) is 4.68. The molecule has 0 aliphatic carbocycles. The Morgan fingerprint density at radius 2 is 1.73 bits per heavy atom. The molecule has 4 N–H and O–H groups in total. The molecular weight excluding hydrogens is 384 g/mol. The average Bonchev–Trinajstić information content (AvgIpc) is 2.90. The highest BCUT2D eigenvalue weighted by Gasteiger charge is 2.27. The molecule has 152 valence electrons. The number of carbonyl (C=O) groups excluding carboxylic acids is 2. The number of fused-ring (bicyclic) bond motifs is 1. The second-order valence-corrected chi connectivity index (χ2v) is 6.34. The molecular formula is C22H20N4O4. The van der Waals surface area contributed by atoms with Gasteiger partial charge in [0.05, 0.1) is 17.1 Å². The van der Waals surface area contributed by atoms with E-state index in [1.165, 1.54) is 0 Å². The monoisotopic (exact) mass is 404 g/mol. The Hall–Kier alpha value is -4.04. The quantitative estimate of drug-likeness (QED) is 0.692. The van der Waals surface area contributed by atoms with Gasteiger partial charge in [-0.1, -0.05) is 54.6 Å². The maximum Gasteiger partial charge on any atom is 0.409 e. The van der Waals surface area contributed by atoms with Crippen LogP contribution in [0.15, 0.2) is 84.0 Å². The first kappa shape index (κ1) is 20.7. The van der Waals surface area contributed by atoms with Crippen LogP contribution in [0.25, 0.3) is 0 Å². The number of rotatable bonds is 4. The normalized spacial score (nSPS) is 14.9. The van der Waals surface area contributed by atoms with Crippen molar-refractivity contribution in [3.8, 4) is 0 Å². The fourth-order valence-electron chi connectivity index (χ4n) is 2.94. The van der Waals surface area contributed by atoms with Gasteiger partial charge in [-0.05, 0) is 23.8 Å². The first-order valence-electron chi connectivity index (χ1n) is 9.07. The number of benzodiazepines with no additional fused rings is 1. The van der Waals surface area contributed by atoms with Crippen LogP contribution >= 0.6 is 0 Å². The number of aromatic nitrogens is 1. The number of pyridine rings is 1. The van der Waals surface area contributed by atoms with Gasteiger partial charge in [0.1, 0.15) is 6.61 Å². The van der Waals surface area contributed by atoms with Crippen LogP contribution in [-0.4, -0.2) is 34.3 Å². The maximum atomic E-state index is 12.7. The summed E-state index contributed by atoms with van der Waals surface area (Å²) in [5, 5.41) is 5.32. The van der Waals surface area contributed by atoms with Gasteiger partial charge in [0.25, 0.3) is 5.91 Å². The lowest BCUT2D eigenvalue weighted by molar-refractivity contribution is -0.117. The lowest BCUT2D eigenvalue weighted by Gasteiger charge is -2.13. The summed E-state index contributed by atoms with van der Waals surface area (Å²) < 4.78 is 5.22. The summed E-state index contributed by atoms with van der Waals surface area (Å²) in [6, 6.07) is 22.0. The van der Waals surface area contributed by atoms with Crippen molar-refractivity contribution in [3.05, 3.63) is 95.8 Å². The molecule has 0 saturated carbocycles. The molecule has 1 atom stereocenters. The van der Waals surface area contributed by atoms with Crippen LogP contribution in [0.2, 0.25) is 0 Å². The Labute approximate surface area is 172 Å². The Morgan fingerprint density at radius 1 is 1.00 bits per heavy atom. The van der Waals surface area contributed by atoms with E-state index in [0.29, 0.717) is 17.1 Å². The Kier molecular flexibility index (Phi) is 6.51. The highest BCUT2D eigenvalue weighted by atomic mass is 16.5. The van der Waals surface area contributed by atoms with E-state index in [0.717, 1.165) is 11.1 Å². The number of anilines is 1. The lowest BCUT2D eigenvalue weighted by atomic mass is 10.0. The minimum atomic E-state index is -1.15. The predicted octanol–water partition coefficient (Wildman–Crippen LogP) is 2.30. The van der Waals surface area contributed by atoms with Gasteiger partial charge in [-0.15, -0.1) is 0 Å². The van der Waals surface area contributed by atoms with Crippen molar-refractivity contribution < 1.29 is 19.8 Å². The van der Waals surface area contributed by atoms with Gasteiger partial charge in [0.2, 0.25) is 6.17 Å². The summed E-state index contributed by atoms with van der Waals surface area (Å²) in [6.45, 7) is 0.0953. The van der Waals surface area contributed by atoms with E-state index in [4.69, 9.17) is 4.74 Å². The molecule has 30 heavy (non-hydrogen) atoms. The minimum Gasteiger partial charge on any atom is -0.445 e. The van der Waals surface area contributed by atoms with Gasteiger partial charge in [0, 0.05) is 11.8 Å². The van der Waals surface area contributed by atoms with Gasteiger partial charge >= 0.3 is 6.09 Å². The number of para-hydroxylation sites is 1. The second-order valence-electron chi connectivity index (χ2n) is 6.34. The van der Waals surface area contributed by atoms with E-state index in [1.807, 2.05) is 54.6 Å². The fourth-order valence-corrected chi connectivity index (χ4v) is 2.94. The molecule has 8 nitrogen and oxygen atoms in total. The summed E-state index contributed by atoms with van der Waals surface area (Å²) in [5.41, 5.74) is 3.28. The van der Waals surface area contributed by atoms with Crippen molar-refractivity contribution in [1.82, 2.24) is 10.3 Å². The number of ether oxygens (including phenoxy) is 1. The lowest BCUT2D eigenvalue weighted by Crippen LogP contribution is -2.42. The number of nitrogens with one attached hydrogen (secondary N) is 2. The number of hydrogen-bond donors (Lipinski definition) is 2. The van der Waals surface area contributed by atoms with Crippen LogP contribution in [0.1, 0.15) is 16.8 Å². The smallest absolute Gasteiger partial charge is 0.409 e. The summed E-state index contributed by atoms with van der Waals surface area (Å²) in [5.74, 6) is -0.458. The molecule has 2 heterocycles. The van der Waals surface area contributed by atoms with Gasteiger partial charge in [-0.25, -0.2) is 9.79 Å². The molecule has 0 saturated heterocycles. The number of alkyl carbamates (subject to hydrolysis) is 1. The molecule has 1 aromatic heterocycles. The van der Waals surface area contributed by atoms with Crippen LogP contribution in [-0.2, 0) is 16.1 Å². The van der Waals surface area contributed by atoms with E-state index in [2.05, 4.69) is 20.6 Å². The van der Waals surface area contributed by atoms with E-state index in [-0.39, 0.29) is 12.1 Å². The summed E-state index contributed by atoms with van der Waals surface area (Å²) in [6.07, 6.45) is -0.233. The topological polar surface area (TPSA) is 124 Å². The van der Waals surface area contributed by atoms with Crippen molar-refractivity contribution in [2.45, 2.75) is 12.8 Å². The standard InChI is InChI=1S/C22H18N4O3.H2O/c27-21-20(26-22(28)29-14-15-8-2-1-3-9-15)25-19(18-12-6-7-13-23-18)16-10-4-5-11-17(16)24-21;/h1-13,20H,14H2,(H,24,27)(H,26,28);1H2. The van der Waals surface area contributed by atoms with Crippen LogP contribution < -0.4 is 10.6 Å². The number of carbonyl (C=O) groups is 2. The van der Waals surface area contributed by atoms with E-state index in [9.17, 15) is 9.59 Å². The van der Waals surface area contributed by atoms with Crippen LogP contribution in [0, 0.1) is 0 Å². The summed E-state index contributed by atoms with van der Waals surface area (Å²) in [4.78, 5) is 33.8. The van der Waals surface area contributed by atoms with E-state index >= 15 is 0 Å². The minimum absolute atomic E-state index is 0. The van der Waals surface area contributed by atoms with Crippen molar-refractivity contribution in [2.75, 3.05) is 5.32 Å². The maximum absolute atomic E-state index is 12.7. The highest BCUT2D eigenvalue weighted by molar-refractivity contribution is 6.18. The molecule has 3 aromatic rings. The van der Waals surface area contributed by atoms with Gasteiger partial charge in [0.15, 0.2) is 0 Å². The van der Waals surface area contributed by atoms with Gasteiger partial charge in [-0.2, -0.15) is 0 Å². The van der Waals surface area contributed by atoms with Crippen molar-refractivity contribution in [3.63, 3.8) is 0 Å². The largest absolute Gasteiger partial charge is 0.445 e. The Bertz CT molecular complexity index is 1060. The zero-order valence-corrected chi connectivity index (χ0v) is 15.9. The second kappa shape index (κ2) is 9.44. The zero-order chi connectivity index (χ0) is 20.1. The molecule has 2 aromatic carbocycles. The molecule has 1 unspecified atom stereocenters. The molecule has 1 aliphatic rings. The third-order valence-electron chi connectivity index (χ3n) is 4.32. The first-order valence-corrected chi connectivity index (χ1v) is 9.07. The predicted molar refractivity (Wildman–Crippen MR) is 112 cm³/mol. The van der Waals surface area contributed by atoms with Crippen molar-refractivity contribution >= 4 is 23.4 Å². The molecule has 0 bridgehead atoms. The Morgan fingerprint density at radius 3 is 2.50 bits per heavy atom. The zero-order valence-electron chi connectivity index (χ0n) is 15.9. The Balaban J connectivity index is 0.00000256. The summed E-state index contributed by atoms with van der Waals surface area (Å²) >= 11 is 0.